The summed E-state index contributed by atoms with van der Waals surface area (Å²) in [5, 5.41) is 3.49. The van der Waals surface area contributed by atoms with E-state index in [9.17, 15) is 0 Å². The molecular formula is C15H19NO2. The molecule has 1 heterocycles. The minimum Gasteiger partial charge on any atom is -0.497 e. The van der Waals surface area contributed by atoms with Crippen LogP contribution in [0.4, 0.5) is 0 Å². The molecule has 0 radical (unpaired) electrons. The average Bonchev–Trinajstić information content (AvgIpc) is 2.94. The Morgan fingerprint density at radius 1 is 1.28 bits per heavy atom. The fourth-order valence-corrected chi connectivity index (χ4v) is 1.96. The molecule has 2 rings (SSSR count). The van der Waals surface area contributed by atoms with E-state index >= 15 is 0 Å². The summed E-state index contributed by atoms with van der Waals surface area (Å²) >= 11 is 0. The van der Waals surface area contributed by atoms with E-state index in [1.165, 1.54) is 5.56 Å². The molecule has 18 heavy (non-hydrogen) atoms. The fourth-order valence-electron chi connectivity index (χ4n) is 1.96. The van der Waals surface area contributed by atoms with Crippen LogP contribution < -0.4 is 10.1 Å². The van der Waals surface area contributed by atoms with Crippen molar-refractivity contribution in [2.75, 3.05) is 7.11 Å². The summed E-state index contributed by atoms with van der Waals surface area (Å²) < 4.78 is 10.6. The van der Waals surface area contributed by atoms with Crippen LogP contribution in [0.3, 0.4) is 0 Å². The van der Waals surface area contributed by atoms with Gasteiger partial charge >= 0.3 is 0 Å². The molecule has 2 aromatic rings. The molecule has 96 valence electrons. The molecule has 1 unspecified atom stereocenters. The van der Waals surface area contributed by atoms with Gasteiger partial charge in [-0.2, -0.15) is 0 Å². The third kappa shape index (κ3) is 3.14. The van der Waals surface area contributed by atoms with Gasteiger partial charge in [0, 0.05) is 6.54 Å². The largest absolute Gasteiger partial charge is 0.497 e. The van der Waals surface area contributed by atoms with Crippen LogP contribution in [0.15, 0.2) is 47.1 Å². The fraction of sp³-hybridized carbons (Fsp3) is 0.333. The van der Waals surface area contributed by atoms with Crippen molar-refractivity contribution in [3.63, 3.8) is 0 Å². The summed E-state index contributed by atoms with van der Waals surface area (Å²) in [4.78, 5) is 0. The van der Waals surface area contributed by atoms with Crippen molar-refractivity contribution in [1.29, 1.82) is 0 Å². The number of furan rings is 1. The van der Waals surface area contributed by atoms with Gasteiger partial charge in [0.05, 0.1) is 19.4 Å². The quantitative estimate of drug-likeness (QED) is 0.845. The highest BCUT2D eigenvalue weighted by Gasteiger charge is 2.11. The molecule has 0 amide bonds. The molecule has 1 aromatic heterocycles. The molecule has 1 atom stereocenters. The maximum Gasteiger partial charge on any atom is 0.120 e. The first-order valence-corrected chi connectivity index (χ1v) is 6.23. The Hall–Kier alpha value is -1.74. The maximum atomic E-state index is 5.43. The molecule has 0 fully saturated rings. The first-order valence-electron chi connectivity index (χ1n) is 6.23. The standard InChI is InChI=1S/C15H19NO2/c1-3-14(15-8-5-9-18-15)16-11-12-6-4-7-13(10-12)17-2/h4-10,14,16H,3,11H2,1-2H3. The molecular weight excluding hydrogens is 226 g/mol. The molecule has 0 spiro atoms. The Balaban J connectivity index is 1.97. The third-order valence-corrected chi connectivity index (χ3v) is 2.98. The van der Waals surface area contributed by atoms with Gasteiger partial charge in [-0.25, -0.2) is 0 Å². The number of nitrogens with one attached hydrogen (secondary N) is 1. The number of ether oxygens (including phenoxy) is 1. The minimum absolute atomic E-state index is 0.256. The van der Waals surface area contributed by atoms with Gasteiger partial charge in [0.15, 0.2) is 0 Å². The Morgan fingerprint density at radius 2 is 2.17 bits per heavy atom. The number of methoxy groups -OCH3 is 1. The summed E-state index contributed by atoms with van der Waals surface area (Å²) in [6.45, 7) is 2.95. The molecule has 0 aliphatic heterocycles. The molecule has 3 nitrogen and oxygen atoms in total. The highest BCUT2D eigenvalue weighted by molar-refractivity contribution is 5.28. The van der Waals surface area contributed by atoms with Crippen molar-refractivity contribution in [3.8, 4) is 5.75 Å². The normalized spacial score (nSPS) is 12.3. The van der Waals surface area contributed by atoms with Crippen LogP contribution in [0, 0.1) is 0 Å². The second kappa shape index (κ2) is 6.26. The molecule has 3 heteroatoms. The summed E-state index contributed by atoms with van der Waals surface area (Å²) in [5.74, 6) is 1.88. The number of rotatable bonds is 6. The van der Waals surface area contributed by atoms with E-state index in [1.54, 1.807) is 13.4 Å². The van der Waals surface area contributed by atoms with Crippen LogP contribution in [0.5, 0.6) is 5.75 Å². The summed E-state index contributed by atoms with van der Waals surface area (Å²) in [7, 11) is 1.68. The predicted molar refractivity (Wildman–Crippen MR) is 71.6 cm³/mol. The Bertz CT molecular complexity index is 465. The van der Waals surface area contributed by atoms with Gasteiger partial charge in [0.25, 0.3) is 0 Å². The number of benzene rings is 1. The van der Waals surface area contributed by atoms with Gasteiger partial charge in [-0.3, -0.25) is 0 Å². The topological polar surface area (TPSA) is 34.4 Å². The van der Waals surface area contributed by atoms with E-state index in [0.29, 0.717) is 0 Å². The first kappa shape index (κ1) is 12.7. The van der Waals surface area contributed by atoms with Gasteiger partial charge in [0.2, 0.25) is 0 Å². The maximum absolute atomic E-state index is 5.43. The van der Waals surface area contributed by atoms with Gasteiger partial charge in [0.1, 0.15) is 11.5 Å². The van der Waals surface area contributed by atoms with Crippen LogP contribution >= 0.6 is 0 Å². The van der Waals surface area contributed by atoms with Crippen LogP contribution in [0.2, 0.25) is 0 Å². The van der Waals surface area contributed by atoms with E-state index in [0.717, 1.165) is 24.5 Å². The van der Waals surface area contributed by atoms with Crippen LogP contribution in [-0.2, 0) is 6.54 Å². The lowest BCUT2D eigenvalue weighted by Gasteiger charge is -2.14. The molecule has 1 N–H and O–H groups in total. The predicted octanol–water partition coefficient (Wildman–Crippen LogP) is 3.53. The summed E-state index contributed by atoms with van der Waals surface area (Å²) in [6.07, 6.45) is 2.71. The van der Waals surface area contributed by atoms with Crippen LogP contribution in [0.1, 0.15) is 30.7 Å². The number of hydrogen-bond donors (Lipinski definition) is 1. The second-order valence-electron chi connectivity index (χ2n) is 4.21. The molecule has 0 aliphatic carbocycles. The zero-order valence-corrected chi connectivity index (χ0v) is 10.8. The zero-order valence-electron chi connectivity index (χ0n) is 10.8. The smallest absolute Gasteiger partial charge is 0.120 e. The van der Waals surface area contributed by atoms with Crippen molar-refractivity contribution in [2.24, 2.45) is 0 Å². The van der Waals surface area contributed by atoms with E-state index in [4.69, 9.17) is 9.15 Å². The van der Waals surface area contributed by atoms with Gasteiger partial charge in [-0.05, 0) is 36.2 Å². The van der Waals surface area contributed by atoms with E-state index in [1.807, 2.05) is 30.3 Å². The average molecular weight is 245 g/mol. The molecule has 0 saturated heterocycles. The lowest BCUT2D eigenvalue weighted by atomic mass is 10.1. The summed E-state index contributed by atoms with van der Waals surface area (Å²) in [5.41, 5.74) is 1.21. The third-order valence-electron chi connectivity index (χ3n) is 2.98. The van der Waals surface area contributed by atoms with Gasteiger partial charge in [-0.15, -0.1) is 0 Å². The van der Waals surface area contributed by atoms with Crippen molar-refractivity contribution in [1.82, 2.24) is 5.32 Å². The molecule has 0 saturated carbocycles. The van der Waals surface area contributed by atoms with Gasteiger partial charge < -0.3 is 14.5 Å². The van der Waals surface area contributed by atoms with Crippen LogP contribution in [0.25, 0.3) is 0 Å². The van der Waals surface area contributed by atoms with Crippen molar-refractivity contribution in [2.45, 2.75) is 25.9 Å². The Kier molecular flexibility index (Phi) is 4.42. The summed E-state index contributed by atoms with van der Waals surface area (Å²) in [6, 6.07) is 12.3. The van der Waals surface area contributed by atoms with E-state index in [-0.39, 0.29) is 6.04 Å². The monoisotopic (exact) mass is 245 g/mol. The lowest BCUT2D eigenvalue weighted by molar-refractivity contribution is 0.401. The SMILES string of the molecule is CCC(NCc1cccc(OC)c1)c1ccco1. The molecule has 1 aromatic carbocycles. The molecule has 0 bridgehead atoms. The minimum atomic E-state index is 0.256. The molecule has 0 aliphatic rings. The van der Waals surface area contributed by atoms with E-state index < -0.39 is 0 Å². The highest BCUT2D eigenvalue weighted by atomic mass is 16.5. The van der Waals surface area contributed by atoms with Crippen molar-refractivity contribution < 1.29 is 9.15 Å². The highest BCUT2D eigenvalue weighted by Crippen LogP contribution is 2.18. The second-order valence-corrected chi connectivity index (χ2v) is 4.21. The lowest BCUT2D eigenvalue weighted by Crippen LogP contribution is -2.19. The first-order chi connectivity index (χ1) is 8.83. The van der Waals surface area contributed by atoms with Crippen LogP contribution in [-0.4, -0.2) is 7.11 Å². The van der Waals surface area contributed by atoms with E-state index in [2.05, 4.69) is 18.3 Å². The Morgan fingerprint density at radius 3 is 2.83 bits per heavy atom. The van der Waals surface area contributed by atoms with Gasteiger partial charge in [-0.1, -0.05) is 19.1 Å². The Labute approximate surface area is 108 Å². The number of hydrogen-bond acceptors (Lipinski definition) is 3. The van der Waals surface area contributed by atoms with Crippen molar-refractivity contribution >= 4 is 0 Å². The zero-order chi connectivity index (χ0) is 12.8. The van der Waals surface area contributed by atoms with Crippen molar-refractivity contribution in [3.05, 3.63) is 54.0 Å².